The number of aryl methyl sites for hydroxylation is 1. The molecule has 0 atom stereocenters. The third kappa shape index (κ3) is 4.58. The van der Waals surface area contributed by atoms with Crippen molar-refractivity contribution in [1.82, 2.24) is 0 Å². The average Bonchev–Trinajstić information content (AvgIpc) is 2.33. The summed E-state index contributed by atoms with van der Waals surface area (Å²) < 4.78 is 5.16. The fourth-order valence-corrected chi connectivity index (χ4v) is 1.58. The highest BCUT2D eigenvalue weighted by molar-refractivity contribution is 6.21. The predicted molar refractivity (Wildman–Crippen MR) is 74.1 cm³/mol. The van der Waals surface area contributed by atoms with E-state index in [0.717, 1.165) is 11.6 Å². The summed E-state index contributed by atoms with van der Waals surface area (Å²) in [4.78, 5) is 23.1. The maximum absolute atomic E-state index is 12.0. The zero-order chi connectivity index (χ0) is 14.4. The van der Waals surface area contributed by atoms with E-state index >= 15 is 0 Å². The van der Waals surface area contributed by atoms with Crippen LogP contribution in [0.1, 0.15) is 25.0 Å². The largest absolute Gasteiger partial charge is 0.462 e. The molecule has 0 heterocycles. The monoisotopic (exact) mass is 261 g/mol. The molecule has 0 aromatic heterocycles. The van der Waals surface area contributed by atoms with Crippen molar-refractivity contribution in [2.75, 3.05) is 6.61 Å². The van der Waals surface area contributed by atoms with Crippen LogP contribution < -0.4 is 5.73 Å². The van der Waals surface area contributed by atoms with Gasteiger partial charge in [0.05, 0.1) is 12.2 Å². The van der Waals surface area contributed by atoms with Gasteiger partial charge in [-0.25, -0.2) is 4.79 Å². The summed E-state index contributed by atoms with van der Waals surface area (Å²) in [6.07, 6.45) is 1.12. The summed E-state index contributed by atoms with van der Waals surface area (Å²) in [5, 5.41) is 0. The highest BCUT2D eigenvalue weighted by atomic mass is 16.5. The molecule has 0 bridgehead atoms. The minimum Gasteiger partial charge on any atom is -0.462 e. The molecule has 4 heteroatoms. The number of esters is 1. The number of nitrogens with two attached hydrogens (primary N) is 1. The highest BCUT2D eigenvalue weighted by Crippen LogP contribution is 2.20. The van der Waals surface area contributed by atoms with Crippen LogP contribution in [-0.4, -0.2) is 18.5 Å². The molecule has 1 amide bonds. The van der Waals surface area contributed by atoms with Crippen LogP contribution in [0.5, 0.6) is 0 Å². The van der Waals surface area contributed by atoms with E-state index in [2.05, 4.69) is 0 Å². The molecule has 19 heavy (non-hydrogen) atoms. The fourth-order valence-electron chi connectivity index (χ4n) is 1.58. The van der Waals surface area contributed by atoms with Crippen molar-refractivity contribution in [3.05, 3.63) is 41.5 Å². The molecule has 0 spiro atoms. The van der Waals surface area contributed by atoms with Crippen LogP contribution in [0.15, 0.2) is 30.3 Å². The van der Waals surface area contributed by atoms with Gasteiger partial charge in [-0.05, 0) is 24.0 Å². The number of hydrogen-bond donors (Lipinski definition) is 1. The maximum Gasteiger partial charge on any atom is 0.338 e. The molecule has 1 aromatic rings. The van der Waals surface area contributed by atoms with E-state index < -0.39 is 11.9 Å². The van der Waals surface area contributed by atoms with Gasteiger partial charge in [-0.15, -0.1) is 0 Å². The Balaban J connectivity index is 3.07. The van der Waals surface area contributed by atoms with Gasteiger partial charge >= 0.3 is 5.97 Å². The van der Waals surface area contributed by atoms with E-state index in [0.29, 0.717) is 12.2 Å². The third-order valence-corrected chi connectivity index (χ3v) is 2.49. The molecule has 102 valence electrons. The summed E-state index contributed by atoms with van der Waals surface area (Å²) in [5.74, 6) is -0.961. The Morgan fingerprint density at radius 1 is 1.32 bits per heavy atom. The van der Waals surface area contributed by atoms with Crippen molar-refractivity contribution in [3.8, 4) is 0 Å². The highest BCUT2D eigenvalue weighted by Gasteiger charge is 2.16. The lowest BCUT2D eigenvalue weighted by Crippen LogP contribution is -2.15. The van der Waals surface area contributed by atoms with Gasteiger partial charge in [-0.2, -0.15) is 0 Å². The Morgan fingerprint density at radius 3 is 2.47 bits per heavy atom. The molecule has 0 aliphatic rings. The number of carbonyl (C=O) groups is 2. The number of amides is 1. The molecule has 4 nitrogen and oxygen atoms in total. The first-order valence-electron chi connectivity index (χ1n) is 6.16. The topological polar surface area (TPSA) is 69.4 Å². The van der Waals surface area contributed by atoms with Gasteiger partial charge in [0, 0.05) is 6.08 Å². The van der Waals surface area contributed by atoms with Crippen LogP contribution in [0.3, 0.4) is 0 Å². The van der Waals surface area contributed by atoms with Crippen LogP contribution in [0.2, 0.25) is 0 Å². The van der Waals surface area contributed by atoms with Crippen molar-refractivity contribution in [3.63, 3.8) is 0 Å². The van der Waals surface area contributed by atoms with Crippen molar-refractivity contribution in [2.24, 2.45) is 11.7 Å². The Morgan fingerprint density at radius 2 is 1.95 bits per heavy atom. The normalized spacial score (nSPS) is 11.5. The molecule has 2 N–H and O–H groups in total. The van der Waals surface area contributed by atoms with Gasteiger partial charge < -0.3 is 10.5 Å². The first kappa shape index (κ1) is 15.0. The number of primary amides is 1. The number of rotatable bonds is 5. The van der Waals surface area contributed by atoms with Crippen LogP contribution in [0.25, 0.3) is 5.57 Å². The van der Waals surface area contributed by atoms with Gasteiger partial charge in [-0.1, -0.05) is 38.1 Å². The molecule has 1 rings (SSSR count). The second kappa shape index (κ2) is 6.73. The van der Waals surface area contributed by atoms with Gasteiger partial charge in [0.25, 0.3) is 0 Å². The van der Waals surface area contributed by atoms with Crippen molar-refractivity contribution in [2.45, 2.75) is 20.8 Å². The van der Waals surface area contributed by atoms with Gasteiger partial charge in [0.2, 0.25) is 5.91 Å². The van der Waals surface area contributed by atoms with Crippen LogP contribution in [-0.2, 0) is 14.3 Å². The van der Waals surface area contributed by atoms with Crippen molar-refractivity contribution < 1.29 is 14.3 Å². The number of benzene rings is 1. The predicted octanol–water partition coefficient (Wildman–Crippen LogP) is 2.06. The molecule has 0 aliphatic heterocycles. The zero-order valence-corrected chi connectivity index (χ0v) is 11.5. The van der Waals surface area contributed by atoms with Crippen LogP contribution in [0.4, 0.5) is 0 Å². The minimum atomic E-state index is -0.667. The van der Waals surface area contributed by atoms with E-state index in [4.69, 9.17) is 10.5 Å². The average molecular weight is 261 g/mol. The summed E-state index contributed by atoms with van der Waals surface area (Å²) >= 11 is 0. The summed E-state index contributed by atoms with van der Waals surface area (Å²) in [6, 6.07) is 7.29. The van der Waals surface area contributed by atoms with Gasteiger partial charge in [-0.3, -0.25) is 4.79 Å². The molecule has 0 aliphatic carbocycles. The molecule has 0 unspecified atom stereocenters. The molecular formula is C15H19NO3. The molecular weight excluding hydrogens is 242 g/mol. The van der Waals surface area contributed by atoms with E-state index in [1.807, 2.05) is 32.9 Å². The van der Waals surface area contributed by atoms with Crippen molar-refractivity contribution >= 4 is 17.4 Å². The van der Waals surface area contributed by atoms with Crippen molar-refractivity contribution in [1.29, 1.82) is 0 Å². The Hall–Kier alpha value is -2.10. The molecule has 0 saturated heterocycles. The molecule has 1 aromatic carbocycles. The Bertz CT molecular complexity index is 504. The van der Waals surface area contributed by atoms with Gasteiger partial charge in [0.15, 0.2) is 0 Å². The van der Waals surface area contributed by atoms with Gasteiger partial charge in [0.1, 0.15) is 0 Å². The lowest BCUT2D eigenvalue weighted by Gasteiger charge is -2.11. The second-order valence-electron chi connectivity index (χ2n) is 4.77. The second-order valence-corrected chi connectivity index (χ2v) is 4.77. The Labute approximate surface area is 113 Å². The molecule has 0 fully saturated rings. The van der Waals surface area contributed by atoms with E-state index in [1.54, 1.807) is 12.1 Å². The van der Waals surface area contributed by atoms with E-state index in [1.165, 1.54) is 0 Å². The molecule has 0 radical (unpaired) electrons. The van der Waals surface area contributed by atoms with Crippen LogP contribution >= 0.6 is 0 Å². The first-order valence-corrected chi connectivity index (χ1v) is 6.16. The van der Waals surface area contributed by atoms with Crippen LogP contribution in [0, 0.1) is 12.8 Å². The Kier molecular flexibility index (Phi) is 5.30. The standard InChI is InChI=1S/C15H19NO3/c1-10(2)9-19-15(18)13(8-14(16)17)12-7-5-4-6-11(12)3/h4-8,10H,9H2,1-3H3,(H2,16,17). The lowest BCUT2D eigenvalue weighted by molar-refractivity contribution is -0.137. The summed E-state index contributed by atoms with van der Waals surface area (Å²) in [7, 11) is 0. The molecule has 0 saturated carbocycles. The summed E-state index contributed by atoms with van der Waals surface area (Å²) in [6.45, 7) is 6.05. The third-order valence-electron chi connectivity index (χ3n) is 2.49. The zero-order valence-electron chi connectivity index (χ0n) is 11.5. The van der Waals surface area contributed by atoms with E-state index in [9.17, 15) is 9.59 Å². The number of hydrogen-bond acceptors (Lipinski definition) is 3. The number of ether oxygens (including phenoxy) is 1. The SMILES string of the molecule is Cc1ccccc1C(=CC(N)=O)C(=O)OCC(C)C. The smallest absolute Gasteiger partial charge is 0.338 e. The lowest BCUT2D eigenvalue weighted by atomic mass is 10.0. The number of carbonyl (C=O) groups excluding carboxylic acids is 2. The maximum atomic E-state index is 12.0. The summed E-state index contributed by atoms with van der Waals surface area (Å²) in [5.41, 5.74) is 6.90. The minimum absolute atomic E-state index is 0.200. The fraction of sp³-hybridized carbons (Fsp3) is 0.333. The van der Waals surface area contributed by atoms with E-state index in [-0.39, 0.29) is 11.5 Å². The first-order chi connectivity index (χ1) is 8.91. The quantitative estimate of drug-likeness (QED) is 0.651.